The Bertz CT molecular complexity index is 74.1. The molecule has 0 aliphatic rings. The van der Waals surface area contributed by atoms with E-state index in [1.807, 2.05) is 13.8 Å². The molecule has 0 atom stereocenters. The highest BCUT2D eigenvalue weighted by Gasteiger charge is 2.22. The van der Waals surface area contributed by atoms with Crippen LogP contribution in [-0.4, -0.2) is 12.7 Å². The van der Waals surface area contributed by atoms with E-state index in [1.54, 1.807) is 0 Å². The first-order valence-corrected chi connectivity index (χ1v) is 3.37. The fraction of sp³-hybridized carbons (Fsp3) is 1.00. The molecule has 1 nitrogen and oxygen atoms in total. The maximum absolute atomic E-state index is 5.77. The Hall–Kier alpha value is 0.0249. The van der Waals surface area contributed by atoms with E-state index in [0.717, 1.165) is 0 Å². The first-order chi connectivity index (χ1) is 3.71. The van der Waals surface area contributed by atoms with Gasteiger partial charge < -0.3 is 5.73 Å². The summed E-state index contributed by atoms with van der Waals surface area (Å²) in [5.74, 6) is 0. The van der Waals surface area contributed by atoms with Gasteiger partial charge in [0.25, 0.3) is 0 Å². The van der Waals surface area contributed by atoms with Crippen LogP contribution in [0.15, 0.2) is 0 Å². The molecule has 0 amide bonds. The SMILES string of the molecule is CC(C)(C)[B]C(C)(C)N. The van der Waals surface area contributed by atoms with E-state index in [2.05, 4.69) is 28.1 Å². The summed E-state index contributed by atoms with van der Waals surface area (Å²) < 4.78 is 0. The van der Waals surface area contributed by atoms with Crippen molar-refractivity contribution in [2.24, 2.45) is 5.73 Å². The third kappa shape index (κ3) is 8.02. The summed E-state index contributed by atoms with van der Waals surface area (Å²) in [6.07, 6.45) is 0. The molecular formula is C7H17BN. The minimum Gasteiger partial charge on any atom is -0.333 e. The van der Waals surface area contributed by atoms with E-state index < -0.39 is 0 Å². The van der Waals surface area contributed by atoms with Crippen LogP contribution in [0.5, 0.6) is 0 Å². The van der Waals surface area contributed by atoms with Gasteiger partial charge in [-0.15, -0.1) is 0 Å². The van der Waals surface area contributed by atoms with E-state index in [1.165, 1.54) is 0 Å². The lowest BCUT2D eigenvalue weighted by Gasteiger charge is -2.26. The second-order valence-corrected chi connectivity index (χ2v) is 4.33. The fourth-order valence-electron chi connectivity index (χ4n) is 1.12. The van der Waals surface area contributed by atoms with Crippen LogP contribution in [-0.2, 0) is 0 Å². The monoisotopic (exact) mass is 126 g/mol. The zero-order chi connectivity index (χ0) is 7.71. The van der Waals surface area contributed by atoms with Crippen LogP contribution in [0.4, 0.5) is 0 Å². The zero-order valence-electron chi connectivity index (χ0n) is 7.15. The van der Waals surface area contributed by atoms with Crippen LogP contribution in [0.25, 0.3) is 0 Å². The molecule has 2 N–H and O–H groups in total. The van der Waals surface area contributed by atoms with Crippen molar-refractivity contribution in [3.63, 3.8) is 0 Å². The first kappa shape index (κ1) is 9.02. The molecule has 0 saturated carbocycles. The first-order valence-electron chi connectivity index (χ1n) is 3.37. The van der Waals surface area contributed by atoms with Crippen molar-refractivity contribution in [3.05, 3.63) is 0 Å². The van der Waals surface area contributed by atoms with Crippen LogP contribution >= 0.6 is 0 Å². The van der Waals surface area contributed by atoms with E-state index in [9.17, 15) is 0 Å². The lowest BCUT2D eigenvalue weighted by Crippen LogP contribution is -2.42. The van der Waals surface area contributed by atoms with Crippen molar-refractivity contribution < 1.29 is 0 Å². The second kappa shape index (κ2) is 2.33. The van der Waals surface area contributed by atoms with Crippen molar-refractivity contribution in [2.45, 2.75) is 45.4 Å². The topological polar surface area (TPSA) is 26.0 Å². The summed E-state index contributed by atoms with van der Waals surface area (Å²) in [4.78, 5) is 0. The molecule has 0 aromatic rings. The standard InChI is InChI=1S/C7H17BN/c1-6(2,3)8-7(4,5)9/h9H2,1-5H3. The van der Waals surface area contributed by atoms with Gasteiger partial charge in [-0.1, -0.05) is 39.9 Å². The maximum atomic E-state index is 5.77. The van der Waals surface area contributed by atoms with Gasteiger partial charge in [0.1, 0.15) is 7.28 Å². The van der Waals surface area contributed by atoms with Crippen LogP contribution in [0, 0.1) is 0 Å². The fourth-order valence-corrected chi connectivity index (χ4v) is 1.12. The van der Waals surface area contributed by atoms with Gasteiger partial charge in [0.2, 0.25) is 0 Å². The summed E-state index contributed by atoms with van der Waals surface area (Å²) in [7, 11) is 2.15. The lowest BCUT2D eigenvalue weighted by atomic mass is 9.45. The van der Waals surface area contributed by atoms with E-state index in [4.69, 9.17) is 5.73 Å². The third-order valence-electron chi connectivity index (χ3n) is 0.805. The van der Waals surface area contributed by atoms with Crippen LogP contribution < -0.4 is 5.73 Å². The molecule has 0 bridgehead atoms. The molecule has 0 aromatic carbocycles. The summed E-state index contributed by atoms with van der Waals surface area (Å²) in [5.41, 5.74) is 5.63. The molecule has 9 heavy (non-hydrogen) atoms. The zero-order valence-corrected chi connectivity index (χ0v) is 7.15. The Kier molecular flexibility index (Phi) is 2.34. The Labute approximate surface area is 59.3 Å². The summed E-state index contributed by atoms with van der Waals surface area (Å²) in [6, 6.07) is 0. The summed E-state index contributed by atoms with van der Waals surface area (Å²) in [5, 5.41) is 0.234. The highest BCUT2D eigenvalue weighted by molar-refractivity contribution is 6.43. The molecule has 1 radical (unpaired) electrons. The van der Waals surface area contributed by atoms with Crippen molar-refractivity contribution in [3.8, 4) is 0 Å². The Balaban J connectivity index is 3.75. The van der Waals surface area contributed by atoms with Crippen molar-refractivity contribution in [1.82, 2.24) is 0 Å². The Morgan fingerprint density at radius 1 is 1.00 bits per heavy atom. The number of hydrogen-bond acceptors (Lipinski definition) is 1. The summed E-state index contributed by atoms with van der Waals surface area (Å²) >= 11 is 0. The van der Waals surface area contributed by atoms with Crippen LogP contribution in [0.1, 0.15) is 34.6 Å². The number of hydrogen-bond donors (Lipinski definition) is 1. The molecule has 0 heterocycles. The van der Waals surface area contributed by atoms with Gasteiger partial charge in [0.15, 0.2) is 0 Å². The number of nitrogens with two attached hydrogens (primary N) is 1. The minimum atomic E-state index is -0.141. The van der Waals surface area contributed by atoms with E-state index in [0.29, 0.717) is 0 Å². The van der Waals surface area contributed by atoms with Crippen LogP contribution in [0.2, 0.25) is 5.31 Å². The maximum Gasteiger partial charge on any atom is 0.143 e. The molecule has 0 spiro atoms. The minimum absolute atomic E-state index is 0.141. The highest BCUT2D eigenvalue weighted by Crippen LogP contribution is 2.23. The molecule has 0 aromatic heterocycles. The lowest BCUT2D eigenvalue weighted by molar-refractivity contribution is 0.657. The normalized spacial score (nSPS) is 13.6. The van der Waals surface area contributed by atoms with Crippen molar-refractivity contribution in [1.29, 1.82) is 0 Å². The predicted octanol–water partition coefficient (Wildman–Crippen LogP) is 1.60. The van der Waals surface area contributed by atoms with Crippen LogP contribution in [0.3, 0.4) is 0 Å². The average molecular weight is 126 g/mol. The molecule has 53 valence electrons. The third-order valence-corrected chi connectivity index (χ3v) is 0.805. The Morgan fingerprint density at radius 3 is 1.33 bits per heavy atom. The Morgan fingerprint density at radius 2 is 1.33 bits per heavy atom. The van der Waals surface area contributed by atoms with Gasteiger partial charge >= 0.3 is 0 Å². The molecule has 0 aliphatic carbocycles. The van der Waals surface area contributed by atoms with Gasteiger partial charge in [-0.25, -0.2) is 0 Å². The van der Waals surface area contributed by atoms with E-state index in [-0.39, 0.29) is 10.8 Å². The van der Waals surface area contributed by atoms with Gasteiger partial charge in [0, 0.05) is 0 Å². The summed E-state index contributed by atoms with van der Waals surface area (Å²) in [6.45, 7) is 10.5. The van der Waals surface area contributed by atoms with Gasteiger partial charge in [0.05, 0.1) is 0 Å². The molecule has 2 heteroatoms. The van der Waals surface area contributed by atoms with E-state index >= 15 is 0 Å². The smallest absolute Gasteiger partial charge is 0.143 e. The predicted molar refractivity (Wildman–Crippen MR) is 43.7 cm³/mol. The molecule has 0 unspecified atom stereocenters. The molecule has 0 fully saturated rings. The average Bonchev–Trinajstić information content (AvgIpc) is 1.14. The largest absolute Gasteiger partial charge is 0.333 e. The molecule has 0 saturated heterocycles. The highest BCUT2D eigenvalue weighted by atomic mass is 14.6. The molecular weight excluding hydrogens is 109 g/mol. The van der Waals surface area contributed by atoms with Gasteiger partial charge in [-0.05, 0) is 5.44 Å². The second-order valence-electron chi connectivity index (χ2n) is 4.33. The van der Waals surface area contributed by atoms with Crippen molar-refractivity contribution >= 4 is 7.28 Å². The molecule has 0 aliphatic heterocycles. The van der Waals surface area contributed by atoms with Gasteiger partial charge in [-0.2, -0.15) is 0 Å². The quantitative estimate of drug-likeness (QED) is 0.530. The van der Waals surface area contributed by atoms with Gasteiger partial charge in [-0.3, -0.25) is 0 Å². The molecule has 0 rings (SSSR count). The van der Waals surface area contributed by atoms with Crippen molar-refractivity contribution in [2.75, 3.05) is 0 Å². The number of rotatable bonds is 1.